The quantitative estimate of drug-likeness (QED) is 0.732. The van der Waals surface area contributed by atoms with Gasteiger partial charge in [-0.3, -0.25) is 4.90 Å². The van der Waals surface area contributed by atoms with Gasteiger partial charge in [-0.15, -0.1) is 0 Å². The highest BCUT2D eigenvalue weighted by molar-refractivity contribution is 9.10. The molecular formula is C18H22BrN3O3S. The van der Waals surface area contributed by atoms with Crippen LogP contribution in [0.3, 0.4) is 0 Å². The molecular weight excluding hydrogens is 418 g/mol. The first-order valence-electron chi connectivity index (χ1n) is 8.98. The number of nitrogens with zero attached hydrogens (tertiary/aromatic N) is 3. The van der Waals surface area contributed by atoms with Gasteiger partial charge in [0.15, 0.2) is 0 Å². The molecule has 0 amide bonds. The summed E-state index contributed by atoms with van der Waals surface area (Å²) in [5, 5.41) is 4.26. The Balaban J connectivity index is 1.39. The molecule has 0 radical (unpaired) electrons. The number of rotatable bonds is 4. The Morgan fingerprint density at radius 2 is 1.73 bits per heavy atom. The average molecular weight is 440 g/mol. The summed E-state index contributed by atoms with van der Waals surface area (Å²) in [6.07, 6.45) is 4.41. The van der Waals surface area contributed by atoms with Crippen LogP contribution in [-0.4, -0.2) is 49.0 Å². The Hall–Kier alpha value is -1.22. The zero-order valence-electron chi connectivity index (χ0n) is 14.5. The van der Waals surface area contributed by atoms with Gasteiger partial charge in [-0.2, -0.15) is 4.31 Å². The Morgan fingerprint density at radius 1 is 1.04 bits per heavy atom. The molecule has 2 heterocycles. The lowest BCUT2D eigenvalue weighted by Gasteiger charge is -2.33. The lowest BCUT2D eigenvalue weighted by Crippen LogP contribution is -2.48. The smallest absolute Gasteiger partial charge is 0.243 e. The zero-order chi connectivity index (χ0) is 18.1. The van der Waals surface area contributed by atoms with Crippen molar-refractivity contribution in [2.24, 2.45) is 0 Å². The number of aromatic nitrogens is 1. The van der Waals surface area contributed by atoms with Gasteiger partial charge in [0.25, 0.3) is 0 Å². The van der Waals surface area contributed by atoms with Crippen molar-refractivity contribution in [1.82, 2.24) is 14.4 Å². The second kappa shape index (κ2) is 7.42. The molecule has 8 heteroatoms. The van der Waals surface area contributed by atoms with Crippen molar-refractivity contribution in [3.63, 3.8) is 0 Å². The third kappa shape index (κ3) is 3.60. The van der Waals surface area contributed by atoms with E-state index in [1.165, 1.54) is 18.4 Å². The van der Waals surface area contributed by atoms with Crippen LogP contribution < -0.4 is 0 Å². The highest BCUT2D eigenvalue weighted by Gasteiger charge is 2.29. The van der Waals surface area contributed by atoms with E-state index in [1.807, 2.05) is 0 Å². The fourth-order valence-electron chi connectivity index (χ4n) is 3.67. The van der Waals surface area contributed by atoms with Gasteiger partial charge in [0.2, 0.25) is 10.0 Å². The van der Waals surface area contributed by atoms with Crippen LogP contribution in [0.5, 0.6) is 0 Å². The van der Waals surface area contributed by atoms with Crippen molar-refractivity contribution >= 4 is 26.0 Å². The summed E-state index contributed by atoms with van der Waals surface area (Å²) in [6, 6.07) is 6.81. The number of hydrogen-bond donors (Lipinski definition) is 0. The van der Waals surface area contributed by atoms with Crippen molar-refractivity contribution in [3.05, 3.63) is 45.8 Å². The molecule has 140 valence electrons. The lowest BCUT2D eigenvalue weighted by atomic mass is 9.96. The number of benzene rings is 1. The van der Waals surface area contributed by atoms with Gasteiger partial charge in [0, 0.05) is 49.2 Å². The van der Waals surface area contributed by atoms with Crippen molar-refractivity contribution in [3.8, 4) is 0 Å². The Kier molecular flexibility index (Phi) is 5.18. The number of halogens is 1. The van der Waals surface area contributed by atoms with E-state index >= 15 is 0 Å². The molecule has 2 aromatic rings. The largest absolute Gasteiger partial charge is 0.361 e. The third-order valence-electron chi connectivity index (χ3n) is 5.19. The third-order valence-corrected chi connectivity index (χ3v) is 7.63. The van der Waals surface area contributed by atoms with Gasteiger partial charge >= 0.3 is 0 Å². The molecule has 0 saturated carbocycles. The van der Waals surface area contributed by atoms with E-state index in [2.05, 4.69) is 26.0 Å². The minimum absolute atomic E-state index is 0.347. The van der Waals surface area contributed by atoms with Crippen molar-refractivity contribution in [2.75, 3.05) is 26.2 Å². The van der Waals surface area contributed by atoms with E-state index in [1.54, 1.807) is 28.6 Å². The normalized spacial score (nSPS) is 19.4. The first kappa shape index (κ1) is 18.2. The predicted molar refractivity (Wildman–Crippen MR) is 101 cm³/mol. The van der Waals surface area contributed by atoms with Crippen molar-refractivity contribution in [2.45, 2.75) is 37.1 Å². The molecule has 1 aliphatic carbocycles. The number of hydrogen-bond acceptors (Lipinski definition) is 5. The Morgan fingerprint density at radius 3 is 2.46 bits per heavy atom. The number of sulfonamides is 1. The Bertz CT molecular complexity index is 872. The molecule has 0 N–H and O–H groups in total. The van der Waals surface area contributed by atoms with Crippen LogP contribution in [0.1, 0.15) is 29.9 Å². The first-order chi connectivity index (χ1) is 12.5. The molecule has 26 heavy (non-hydrogen) atoms. The number of fused-ring (bicyclic) bond motifs is 1. The molecule has 4 rings (SSSR count). The average Bonchev–Trinajstić information content (AvgIpc) is 3.06. The minimum atomic E-state index is -3.43. The summed E-state index contributed by atoms with van der Waals surface area (Å²) in [5.41, 5.74) is 2.31. The molecule has 0 spiro atoms. The van der Waals surface area contributed by atoms with Crippen LogP contribution in [0.4, 0.5) is 0 Å². The van der Waals surface area contributed by atoms with Crippen LogP contribution >= 0.6 is 15.9 Å². The maximum absolute atomic E-state index is 12.8. The molecule has 0 bridgehead atoms. The summed E-state index contributed by atoms with van der Waals surface area (Å²) >= 11 is 3.34. The molecule has 2 aliphatic rings. The number of piperazine rings is 1. The van der Waals surface area contributed by atoms with Crippen LogP contribution in [0.2, 0.25) is 0 Å². The molecule has 1 aliphatic heterocycles. The molecule has 1 saturated heterocycles. The molecule has 0 unspecified atom stereocenters. The maximum atomic E-state index is 12.8. The van der Waals surface area contributed by atoms with Crippen LogP contribution in [-0.2, 0) is 29.4 Å². The Labute approximate surface area is 162 Å². The van der Waals surface area contributed by atoms with E-state index < -0.39 is 10.0 Å². The molecule has 6 nitrogen and oxygen atoms in total. The van der Waals surface area contributed by atoms with Gasteiger partial charge in [0.1, 0.15) is 11.5 Å². The molecule has 1 aromatic carbocycles. The van der Waals surface area contributed by atoms with Crippen molar-refractivity contribution in [1.29, 1.82) is 0 Å². The van der Waals surface area contributed by atoms with E-state index in [4.69, 9.17) is 4.52 Å². The standard InChI is InChI=1S/C18H22BrN3O3S/c19-14-5-7-15(8-6-14)26(23,24)22-11-9-21(10-12-22)13-17-16-3-1-2-4-18(16)25-20-17/h5-8H,1-4,9-13H2. The zero-order valence-corrected chi connectivity index (χ0v) is 16.9. The summed E-state index contributed by atoms with van der Waals surface area (Å²) in [7, 11) is -3.43. The van der Waals surface area contributed by atoms with E-state index in [0.29, 0.717) is 31.1 Å². The SMILES string of the molecule is O=S(=O)(c1ccc(Br)cc1)N1CCN(Cc2noc3c2CCCC3)CC1. The van der Waals surface area contributed by atoms with Gasteiger partial charge < -0.3 is 4.52 Å². The molecule has 0 atom stereocenters. The maximum Gasteiger partial charge on any atom is 0.243 e. The molecule has 1 fully saturated rings. The minimum Gasteiger partial charge on any atom is -0.361 e. The fourth-order valence-corrected chi connectivity index (χ4v) is 5.36. The van der Waals surface area contributed by atoms with Gasteiger partial charge in [-0.05, 0) is 43.5 Å². The van der Waals surface area contributed by atoms with E-state index in [9.17, 15) is 8.42 Å². The summed E-state index contributed by atoms with van der Waals surface area (Å²) in [5.74, 6) is 1.04. The van der Waals surface area contributed by atoms with Gasteiger partial charge in [-0.1, -0.05) is 21.1 Å². The summed E-state index contributed by atoms with van der Waals surface area (Å²) in [4.78, 5) is 2.61. The van der Waals surface area contributed by atoms with E-state index in [-0.39, 0.29) is 0 Å². The van der Waals surface area contributed by atoms with Gasteiger partial charge in [0.05, 0.1) is 4.90 Å². The highest BCUT2D eigenvalue weighted by atomic mass is 79.9. The summed E-state index contributed by atoms with van der Waals surface area (Å²) < 4.78 is 33.5. The number of aryl methyl sites for hydroxylation is 1. The summed E-state index contributed by atoms with van der Waals surface area (Å²) in [6.45, 7) is 3.15. The van der Waals surface area contributed by atoms with Gasteiger partial charge in [-0.25, -0.2) is 8.42 Å². The van der Waals surface area contributed by atoms with Crippen molar-refractivity contribution < 1.29 is 12.9 Å². The molecule has 1 aromatic heterocycles. The van der Waals surface area contributed by atoms with E-state index in [0.717, 1.165) is 35.3 Å². The van der Waals surface area contributed by atoms with Crippen LogP contribution in [0.15, 0.2) is 38.2 Å². The second-order valence-corrected chi connectivity index (χ2v) is 9.73. The second-order valence-electron chi connectivity index (χ2n) is 6.87. The topological polar surface area (TPSA) is 66.7 Å². The monoisotopic (exact) mass is 439 g/mol. The fraction of sp³-hybridized carbons (Fsp3) is 0.500. The van der Waals surface area contributed by atoms with Crippen LogP contribution in [0, 0.1) is 0 Å². The first-order valence-corrected chi connectivity index (χ1v) is 11.2. The predicted octanol–water partition coefficient (Wildman–Crippen LogP) is 2.82. The lowest BCUT2D eigenvalue weighted by molar-refractivity contribution is 0.177. The van der Waals surface area contributed by atoms with Crippen LogP contribution in [0.25, 0.3) is 0 Å². The highest BCUT2D eigenvalue weighted by Crippen LogP contribution is 2.26.